The first-order valence-electron chi connectivity index (χ1n) is 7.69. The van der Waals surface area contributed by atoms with Crippen molar-refractivity contribution in [2.24, 2.45) is 0 Å². The highest BCUT2D eigenvalue weighted by Crippen LogP contribution is 2.06. The molecule has 124 valence electrons. The summed E-state index contributed by atoms with van der Waals surface area (Å²) in [6, 6.07) is 14.1. The lowest BCUT2D eigenvalue weighted by atomic mass is 10.3. The topological polar surface area (TPSA) is 87.1 Å². The Morgan fingerprint density at radius 2 is 1.80 bits per heavy atom. The number of benzene rings is 1. The number of aryl methyl sites for hydroxylation is 1. The smallest absolute Gasteiger partial charge is 0.269 e. The summed E-state index contributed by atoms with van der Waals surface area (Å²) in [6.45, 7) is 1.95. The van der Waals surface area contributed by atoms with Gasteiger partial charge >= 0.3 is 5.69 Å². The summed E-state index contributed by atoms with van der Waals surface area (Å²) < 4.78 is 3.87. The third-order valence-electron chi connectivity index (χ3n) is 3.89. The summed E-state index contributed by atoms with van der Waals surface area (Å²) in [6.07, 6.45) is 1.67. The Balaban J connectivity index is 1.76. The van der Waals surface area contributed by atoms with Gasteiger partial charge in [0, 0.05) is 12.3 Å². The lowest BCUT2D eigenvalue weighted by molar-refractivity contribution is 0.620. The minimum absolute atomic E-state index is 0.0751. The number of tetrazole rings is 1. The minimum Gasteiger partial charge on any atom is -0.269 e. The first-order chi connectivity index (χ1) is 12.1. The molecule has 0 spiro atoms. The summed E-state index contributed by atoms with van der Waals surface area (Å²) in [5.41, 5.74) is 1.93. The number of nitrogens with zero attached hydrogens (tertiary/aromatic N) is 6. The molecule has 0 fully saturated rings. The molecule has 0 aliphatic rings. The van der Waals surface area contributed by atoms with Crippen LogP contribution in [0.1, 0.15) is 11.3 Å². The summed E-state index contributed by atoms with van der Waals surface area (Å²) in [7, 11) is 0. The highest BCUT2D eigenvalue weighted by molar-refractivity contribution is 5.46. The number of para-hydroxylation sites is 1. The molecule has 8 heteroatoms. The van der Waals surface area contributed by atoms with Crippen LogP contribution >= 0.6 is 0 Å². The van der Waals surface area contributed by atoms with Crippen LogP contribution in [0.4, 0.5) is 0 Å². The van der Waals surface area contributed by atoms with Gasteiger partial charge in [0.25, 0.3) is 5.56 Å². The number of fused-ring (bicyclic) bond motifs is 1. The quantitative estimate of drug-likeness (QED) is 0.553. The van der Waals surface area contributed by atoms with E-state index in [1.165, 1.54) is 19.8 Å². The van der Waals surface area contributed by atoms with Crippen molar-refractivity contribution in [2.75, 3.05) is 0 Å². The third-order valence-corrected chi connectivity index (χ3v) is 3.89. The first kappa shape index (κ1) is 15.0. The molecule has 0 radical (unpaired) electrons. The van der Waals surface area contributed by atoms with E-state index in [1.807, 2.05) is 31.2 Å². The molecule has 4 rings (SSSR count). The summed E-state index contributed by atoms with van der Waals surface area (Å²) in [5.74, 6) is 0. The molecule has 0 unspecified atom stereocenters. The van der Waals surface area contributed by atoms with Crippen LogP contribution in [0.15, 0.2) is 64.3 Å². The van der Waals surface area contributed by atoms with Crippen molar-refractivity contribution in [3.8, 4) is 5.69 Å². The summed E-state index contributed by atoms with van der Waals surface area (Å²) >= 11 is 0. The molecule has 0 N–H and O–H groups in total. The van der Waals surface area contributed by atoms with Gasteiger partial charge in [0.05, 0.1) is 17.9 Å². The molecule has 0 bridgehead atoms. The molecule has 0 aliphatic carbocycles. The van der Waals surface area contributed by atoms with Crippen LogP contribution in [-0.2, 0) is 6.54 Å². The second-order valence-electron chi connectivity index (χ2n) is 5.64. The standard InChI is InChI=1S/C17H14N6O2/c1-12-6-5-9-21-15(24)10-13(18-16(12)21)11-22-17(25)23(20-19-22)14-7-3-2-4-8-14/h2-10H,11H2,1H3. The normalized spacial score (nSPS) is 11.1. The molecular formula is C17H14N6O2. The van der Waals surface area contributed by atoms with Gasteiger partial charge in [-0.2, -0.15) is 9.36 Å². The van der Waals surface area contributed by atoms with Crippen LogP contribution in [0.3, 0.4) is 0 Å². The van der Waals surface area contributed by atoms with E-state index in [0.717, 1.165) is 5.56 Å². The Morgan fingerprint density at radius 1 is 1.00 bits per heavy atom. The van der Waals surface area contributed by atoms with E-state index in [0.29, 0.717) is 17.0 Å². The van der Waals surface area contributed by atoms with Crippen LogP contribution in [0.5, 0.6) is 0 Å². The van der Waals surface area contributed by atoms with Crippen LogP contribution in [0.2, 0.25) is 0 Å². The van der Waals surface area contributed by atoms with Crippen LogP contribution in [0.25, 0.3) is 11.3 Å². The van der Waals surface area contributed by atoms with Gasteiger partial charge in [0.1, 0.15) is 5.65 Å². The van der Waals surface area contributed by atoms with E-state index in [1.54, 1.807) is 24.4 Å². The maximum absolute atomic E-state index is 12.5. The van der Waals surface area contributed by atoms with Gasteiger partial charge in [-0.05, 0) is 41.1 Å². The van der Waals surface area contributed by atoms with Gasteiger partial charge in [-0.3, -0.25) is 9.20 Å². The number of hydrogen-bond donors (Lipinski definition) is 0. The molecule has 0 atom stereocenters. The molecule has 1 aromatic carbocycles. The number of aromatic nitrogens is 6. The Bertz CT molecular complexity index is 1170. The predicted octanol–water partition coefficient (Wildman–Crippen LogP) is 0.794. The van der Waals surface area contributed by atoms with Gasteiger partial charge < -0.3 is 0 Å². The molecule has 4 aromatic rings. The fourth-order valence-corrected chi connectivity index (χ4v) is 2.65. The third kappa shape index (κ3) is 2.63. The van der Waals surface area contributed by atoms with E-state index in [9.17, 15) is 9.59 Å². The molecular weight excluding hydrogens is 320 g/mol. The number of rotatable bonds is 3. The van der Waals surface area contributed by atoms with Crippen molar-refractivity contribution in [2.45, 2.75) is 13.5 Å². The maximum Gasteiger partial charge on any atom is 0.368 e. The van der Waals surface area contributed by atoms with E-state index in [2.05, 4.69) is 15.4 Å². The zero-order valence-electron chi connectivity index (χ0n) is 13.4. The molecule has 3 aromatic heterocycles. The fraction of sp³-hybridized carbons (Fsp3) is 0.118. The van der Waals surface area contributed by atoms with Gasteiger partial charge in [0.2, 0.25) is 0 Å². The average molecular weight is 334 g/mol. The predicted molar refractivity (Wildman–Crippen MR) is 90.9 cm³/mol. The zero-order valence-corrected chi connectivity index (χ0v) is 13.4. The second-order valence-corrected chi connectivity index (χ2v) is 5.64. The Hall–Kier alpha value is -3.55. The molecule has 0 saturated carbocycles. The van der Waals surface area contributed by atoms with Crippen molar-refractivity contribution in [1.29, 1.82) is 0 Å². The molecule has 25 heavy (non-hydrogen) atoms. The van der Waals surface area contributed by atoms with E-state index < -0.39 is 5.69 Å². The lowest BCUT2D eigenvalue weighted by Gasteiger charge is -2.05. The van der Waals surface area contributed by atoms with E-state index >= 15 is 0 Å². The summed E-state index contributed by atoms with van der Waals surface area (Å²) in [4.78, 5) is 29.2. The summed E-state index contributed by atoms with van der Waals surface area (Å²) in [5, 5.41) is 7.78. The molecule has 0 aliphatic heterocycles. The second kappa shape index (κ2) is 5.82. The van der Waals surface area contributed by atoms with Gasteiger partial charge in [-0.15, -0.1) is 0 Å². The Labute approximate surface area is 141 Å². The lowest BCUT2D eigenvalue weighted by Crippen LogP contribution is -2.26. The maximum atomic E-state index is 12.5. The van der Waals surface area contributed by atoms with Crippen molar-refractivity contribution < 1.29 is 0 Å². The minimum atomic E-state index is -0.391. The van der Waals surface area contributed by atoms with Crippen molar-refractivity contribution in [1.82, 2.24) is 29.2 Å². The SMILES string of the molecule is Cc1cccn2c(=O)cc(Cn3nnn(-c4ccccc4)c3=O)nc12. The van der Waals surface area contributed by atoms with E-state index in [4.69, 9.17) is 0 Å². The fourth-order valence-electron chi connectivity index (χ4n) is 2.65. The molecule has 3 heterocycles. The van der Waals surface area contributed by atoms with Gasteiger partial charge in [0.15, 0.2) is 0 Å². The number of pyridine rings is 1. The number of hydrogen-bond acceptors (Lipinski definition) is 5. The van der Waals surface area contributed by atoms with Crippen molar-refractivity contribution in [3.05, 3.63) is 86.8 Å². The zero-order chi connectivity index (χ0) is 17.4. The van der Waals surface area contributed by atoms with Crippen LogP contribution in [0, 0.1) is 6.92 Å². The van der Waals surface area contributed by atoms with Gasteiger partial charge in [-0.1, -0.05) is 24.3 Å². The Kier molecular flexibility index (Phi) is 3.50. The molecule has 0 amide bonds. The van der Waals surface area contributed by atoms with Gasteiger partial charge in [-0.25, -0.2) is 9.78 Å². The van der Waals surface area contributed by atoms with Crippen LogP contribution in [-0.4, -0.2) is 29.2 Å². The largest absolute Gasteiger partial charge is 0.368 e. The molecule has 0 saturated heterocycles. The van der Waals surface area contributed by atoms with E-state index in [-0.39, 0.29) is 12.1 Å². The monoisotopic (exact) mass is 334 g/mol. The van der Waals surface area contributed by atoms with Crippen molar-refractivity contribution >= 4 is 5.65 Å². The average Bonchev–Trinajstić information content (AvgIpc) is 2.97. The van der Waals surface area contributed by atoms with Crippen molar-refractivity contribution in [3.63, 3.8) is 0 Å². The highest BCUT2D eigenvalue weighted by Gasteiger charge is 2.11. The first-order valence-corrected chi connectivity index (χ1v) is 7.69. The Morgan fingerprint density at radius 3 is 2.60 bits per heavy atom. The van der Waals surface area contributed by atoms with Crippen LogP contribution < -0.4 is 11.2 Å². The highest BCUT2D eigenvalue weighted by atomic mass is 16.2. The molecule has 8 nitrogen and oxygen atoms in total.